The molecule has 128 valence electrons. The lowest BCUT2D eigenvalue weighted by atomic mass is 10.1. The second kappa shape index (κ2) is 6.76. The summed E-state index contributed by atoms with van der Waals surface area (Å²) < 4.78 is 26.5. The summed E-state index contributed by atoms with van der Waals surface area (Å²) in [5, 5.41) is 13.6. The summed E-state index contributed by atoms with van der Waals surface area (Å²) in [6, 6.07) is 9.95. The van der Waals surface area contributed by atoms with Gasteiger partial charge in [-0.05, 0) is 42.0 Å². The third-order valence-corrected chi connectivity index (χ3v) is 4.06. The van der Waals surface area contributed by atoms with Crippen LogP contribution >= 0.6 is 0 Å². The molecule has 0 radical (unpaired) electrons. The Kier molecular flexibility index (Phi) is 4.51. The molecule has 2 aromatic carbocycles. The Morgan fingerprint density at radius 1 is 1.12 bits per heavy atom. The van der Waals surface area contributed by atoms with Gasteiger partial charge in [-0.2, -0.15) is 5.21 Å². The Labute approximate surface area is 142 Å². The van der Waals surface area contributed by atoms with Crippen LogP contribution in [0, 0.1) is 11.6 Å². The van der Waals surface area contributed by atoms with E-state index in [1.165, 1.54) is 11.0 Å². The number of aromatic amines is 1. The van der Waals surface area contributed by atoms with Crippen LogP contribution in [-0.4, -0.2) is 38.5 Å². The molecule has 0 saturated carbocycles. The number of hydrogen-bond donors (Lipinski definition) is 1. The van der Waals surface area contributed by atoms with Gasteiger partial charge in [0.2, 0.25) is 5.82 Å². The number of nitrogens with zero attached hydrogens (tertiary/aromatic N) is 4. The highest BCUT2D eigenvalue weighted by Crippen LogP contribution is 2.23. The zero-order chi connectivity index (χ0) is 18.0. The van der Waals surface area contributed by atoms with Crippen LogP contribution in [0.2, 0.25) is 0 Å². The van der Waals surface area contributed by atoms with Crippen molar-refractivity contribution in [2.24, 2.45) is 0 Å². The van der Waals surface area contributed by atoms with Crippen LogP contribution in [-0.2, 0) is 0 Å². The van der Waals surface area contributed by atoms with Gasteiger partial charge in [0.05, 0.1) is 6.04 Å². The van der Waals surface area contributed by atoms with Crippen molar-refractivity contribution in [3.8, 4) is 11.4 Å². The van der Waals surface area contributed by atoms with Gasteiger partial charge in [0, 0.05) is 18.2 Å². The first-order valence-electron chi connectivity index (χ1n) is 7.53. The van der Waals surface area contributed by atoms with E-state index in [0.29, 0.717) is 17.0 Å². The number of carbonyl (C=O) groups is 1. The molecule has 1 aromatic heterocycles. The number of carbonyl (C=O) groups excluding carboxylic acids is 1. The SMILES string of the molecule is C[C@H](c1ccc(F)c(F)c1)N(C)C(=O)c1ccc(-c2nn[nH]n2)cc1. The molecule has 0 spiro atoms. The lowest BCUT2D eigenvalue weighted by molar-refractivity contribution is 0.0742. The molecule has 0 fully saturated rings. The average molecular weight is 343 g/mol. The molecule has 3 rings (SSSR count). The highest BCUT2D eigenvalue weighted by atomic mass is 19.2. The van der Waals surface area contributed by atoms with Gasteiger partial charge >= 0.3 is 0 Å². The van der Waals surface area contributed by atoms with E-state index < -0.39 is 17.7 Å². The third-order valence-electron chi connectivity index (χ3n) is 4.06. The molecule has 3 aromatic rings. The number of benzene rings is 2. The Hall–Kier alpha value is -3.16. The number of nitrogens with one attached hydrogen (secondary N) is 1. The predicted molar refractivity (Wildman–Crippen MR) is 86.5 cm³/mol. The van der Waals surface area contributed by atoms with Crippen LogP contribution in [0.5, 0.6) is 0 Å². The maximum absolute atomic E-state index is 13.4. The normalized spacial score (nSPS) is 12.0. The first-order chi connectivity index (χ1) is 12.0. The maximum atomic E-state index is 13.4. The van der Waals surface area contributed by atoms with Crippen LogP contribution in [0.25, 0.3) is 11.4 Å². The molecule has 0 aliphatic carbocycles. The summed E-state index contributed by atoms with van der Waals surface area (Å²) >= 11 is 0. The predicted octanol–water partition coefficient (Wildman–Crippen LogP) is 2.98. The fourth-order valence-corrected chi connectivity index (χ4v) is 2.42. The minimum absolute atomic E-state index is 0.239. The second-order valence-electron chi connectivity index (χ2n) is 5.58. The lowest BCUT2D eigenvalue weighted by Gasteiger charge is -2.25. The Bertz CT molecular complexity index is 881. The zero-order valence-electron chi connectivity index (χ0n) is 13.6. The maximum Gasteiger partial charge on any atom is 0.254 e. The third kappa shape index (κ3) is 3.37. The standard InChI is InChI=1S/C17H15F2N5O/c1-10(13-7-8-14(18)15(19)9-13)24(2)17(25)12-5-3-11(4-6-12)16-20-22-23-21-16/h3-10H,1-2H3,(H,20,21,22,23)/t10-/m1/s1. The van der Waals surface area contributed by atoms with Crippen molar-refractivity contribution in [2.75, 3.05) is 7.05 Å². The largest absolute Gasteiger partial charge is 0.335 e. The molecule has 1 amide bonds. The number of aromatic nitrogens is 4. The topological polar surface area (TPSA) is 74.8 Å². The first-order valence-corrected chi connectivity index (χ1v) is 7.53. The number of hydrogen-bond acceptors (Lipinski definition) is 4. The van der Waals surface area contributed by atoms with E-state index in [4.69, 9.17) is 0 Å². The van der Waals surface area contributed by atoms with Crippen molar-refractivity contribution >= 4 is 5.91 Å². The van der Waals surface area contributed by atoms with Gasteiger partial charge in [-0.25, -0.2) is 8.78 Å². The van der Waals surface area contributed by atoms with Gasteiger partial charge in [0.25, 0.3) is 5.91 Å². The highest BCUT2D eigenvalue weighted by Gasteiger charge is 2.20. The van der Waals surface area contributed by atoms with Crippen LogP contribution in [0.4, 0.5) is 8.78 Å². The van der Waals surface area contributed by atoms with E-state index in [9.17, 15) is 13.6 Å². The molecule has 0 aliphatic heterocycles. The quantitative estimate of drug-likeness (QED) is 0.790. The Morgan fingerprint density at radius 2 is 1.84 bits per heavy atom. The van der Waals surface area contributed by atoms with Crippen molar-refractivity contribution in [3.05, 3.63) is 65.2 Å². The molecule has 0 bridgehead atoms. The summed E-state index contributed by atoms with van der Waals surface area (Å²) in [4.78, 5) is 14.1. The van der Waals surface area contributed by atoms with Gasteiger partial charge in [-0.15, -0.1) is 10.2 Å². The number of halogens is 2. The molecular weight excluding hydrogens is 328 g/mol. The van der Waals surface area contributed by atoms with Crippen LogP contribution < -0.4 is 0 Å². The molecule has 1 N–H and O–H groups in total. The number of amides is 1. The van der Waals surface area contributed by atoms with Crippen LogP contribution in [0.15, 0.2) is 42.5 Å². The van der Waals surface area contributed by atoms with E-state index in [2.05, 4.69) is 20.6 Å². The van der Waals surface area contributed by atoms with Crippen LogP contribution in [0.1, 0.15) is 28.9 Å². The summed E-state index contributed by atoms with van der Waals surface area (Å²) in [7, 11) is 1.61. The fourth-order valence-electron chi connectivity index (χ4n) is 2.42. The van der Waals surface area contributed by atoms with E-state index >= 15 is 0 Å². The molecule has 8 heteroatoms. The zero-order valence-corrected chi connectivity index (χ0v) is 13.6. The molecule has 0 aliphatic rings. The number of rotatable bonds is 4. The van der Waals surface area contributed by atoms with E-state index in [1.807, 2.05) is 0 Å². The molecule has 0 saturated heterocycles. The smallest absolute Gasteiger partial charge is 0.254 e. The second-order valence-corrected chi connectivity index (χ2v) is 5.58. The average Bonchev–Trinajstić information content (AvgIpc) is 3.17. The molecule has 25 heavy (non-hydrogen) atoms. The molecule has 0 unspecified atom stereocenters. The Morgan fingerprint density at radius 3 is 2.44 bits per heavy atom. The lowest BCUT2D eigenvalue weighted by Crippen LogP contribution is -2.29. The van der Waals surface area contributed by atoms with Crippen molar-refractivity contribution in [2.45, 2.75) is 13.0 Å². The number of tetrazole rings is 1. The Balaban J connectivity index is 1.78. The van der Waals surface area contributed by atoms with E-state index in [-0.39, 0.29) is 5.91 Å². The van der Waals surface area contributed by atoms with Gasteiger partial charge in [0.1, 0.15) is 0 Å². The monoisotopic (exact) mass is 343 g/mol. The van der Waals surface area contributed by atoms with Gasteiger partial charge in [0.15, 0.2) is 11.6 Å². The summed E-state index contributed by atoms with van der Waals surface area (Å²) in [6.45, 7) is 1.75. The van der Waals surface area contributed by atoms with Crippen molar-refractivity contribution in [1.29, 1.82) is 0 Å². The van der Waals surface area contributed by atoms with E-state index in [0.717, 1.165) is 17.7 Å². The fraction of sp³-hybridized carbons (Fsp3) is 0.176. The highest BCUT2D eigenvalue weighted by molar-refractivity contribution is 5.94. The van der Waals surface area contributed by atoms with Crippen LogP contribution in [0.3, 0.4) is 0 Å². The van der Waals surface area contributed by atoms with Crippen molar-refractivity contribution < 1.29 is 13.6 Å². The van der Waals surface area contributed by atoms with Gasteiger partial charge in [-0.1, -0.05) is 18.2 Å². The molecule has 6 nitrogen and oxygen atoms in total. The van der Waals surface area contributed by atoms with Gasteiger partial charge in [-0.3, -0.25) is 4.79 Å². The first kappa shape index (κ1) is 16.7. The summed E-state index contributed by atoms with van der Waals surface area (Å²) in [5.74, 6) is -1.66. The molecule has 1 atom stereocenters. The molecule has 1 heterocycles. The van der Waals surface area contributed by atoms with Gasteiger partial charge < -0.3 is 4.90 Å². The van der Waals surface area contributed by atoms with E-state index in [1.54, 1.807) is 38.2 Å². The molecular formula is C17H15F2N5O. The summed E-state index contributed by atoms with van der Waals surface area (Å²) in [5.41, 5.74) is 1.70. The number of H-pyrrole nitrogens is 1. The minimum atomic E-state index is -0.935. The summed E-state index contributed by atoms with van der Waals surface area (Å²) in [6.07, 6.45) is 0. The van der Waals surface area contributed by atoms with Crippen molar-refractivity contribution in [3.63, 3.8) is 0 Å². The van der Waals surface area contributed by atoms with Crippen molar-refractivity contribution in [1.82, 2.24) is 25.5 Å². The minimum Gasteiger partial charge on any atom is -0.335 e.